The standard InChI is InChI=1S/C19H20O5S/c1-3-23-19-13(10-25(21,22)12-6-4-11(2)5-7-12)18(20)16-14-8-9-15(24-14)17(16)19/h4-9,14-17H,3,10H2,1-2H3/t14-,15+,16-,17+/m0/s1. The Morgan fingerprint density at radius 3 is 2.36 bits per heavy atom. The summed E-state index contributed by atoms with van der Waals surface area (Å²) in [5.74, 6) is -0.507. The maximum atomic E-state index is 12.9. The molecule has 0 radical (unpaired) electrons. The van der Waals surface area contributed by atoms with Crippen molar-refractivity contribution >= 4 is 15.6 Å². The Morgan fingerprint density at radius 2 is 1.72 bits per heavy atom. The highest BCUT2D eigenvalue weighted by Gasteiger charge is 2.57. The maximum Gasteiger partial charge on any atom is 0.182 e. The van der Waals surface area contributed by atoms with Crippen molar-refractivity contribution in [2.75, 3.05) is 12.4 Å². The van der Waals surface area contributed by atoms with Gasteiger partial charge in [-0.2, -0.15) is 0 Å². The summed E-state index contributed by atoms with van der Waals surface area (Å²) in [4.78, 5) is 13.1. The van der Waals surface area contributed by atoms with E-state index in [4.69, 9.17) is 9.47 Å². The molecule has 0 N–H and O–H groups in total. The first-order valence-corrected chi connectivity index (χ1v) is 10.1. The molecule has 2 heterocycles. The molecule has 1 saturated heterocycles. The monoisotopic (exact) mass is 360 g/mol. The van der Waals surface area contributed by atoms with Crippen molar-refractivity contribution in [3.63, 3.8) is 0 Å². The third-order valence-corrected chi connectivity index (χ3v) is 6.77. The second kappa shape index (κ2) is 5.81. The van der Waals surface area contributed by atoms with E-state index in [0.717, 1.165) is 5.56 Å². The van der Waals surface area contributed by atoms with E-state index in [1.54, 1.807) is 24.3 Å². The van der Waals surface area contributed by atoms with E-state index in [0.29, 0.717) is 17.9 Å². The lowest BCUT2D eigenvalue weighted by atomic mass is 9.84. The van der Waals surface area contributed by atoms with Crippen LogP contribution < -0.4 is 0 Å². The van der Waals surface area contributed by atoms with Crippen molar-refractivity contribution in [2.45, 2.75) is 31.0 Å². The first-order chi connectivity index (χ1) is 11.9. The first-order valence-electron chi connectivity index (χ1n) is 8.45. The Labute approximate surface area is 147 Å². The van der Waals surface area contributed by atoms with Crippen LogP contribution in [0.25, 0.3) is 0 Å². The molecular weight excluding hydrogens is 340 g/mol. The number of benzene rings is 1. The number of rotatable bonds is 5. The van der Waals surface area contributed by atoms with Gasteiger partial charge < -0.3 is 9.47 Å². The van der Waals surface area contributed by atoms with Crippen LogP contribution in [0.2, 0.25) is 0 Å². The summed E-state index contributed by atoms with van der Waals surface area (Å²) in [6, 6.07) is 6.68. The Hall–Kier alpha value is -1.92. The molecule has 25 heavy (non-hydrogen) atoms. The minimum absolute atomic E-state index is 0.152. The molecule has 0 unspecified atom stereocenters. The molecule has 2 aliphatic heterocycles. The lowest BCUT2D eigenvalue weighted by Gasteiger charge is -2.19. The fourth-order valence-electron chi connectivity index (χ4n) is 3.96. The van der Waals surface area contributed by atoms with E-state index in [-0.39, 0.29) is 40.5 Å². The zero-order valence-corrected chi connectivity index (χ0v) is 15.0. The van der Waals surface area contributed by atoms with E-state index in [2.05, 4.69) is 0 Å². The SMILES string of the molecule is CCOC1=C(CS(=O)(=O)c2ccc(C)cc2)C(=O)[C@@H]2[C@H]1[C@H]1C=C[C@@H]2O1. The summed E-state index contributed by atoms with van der Waals surface area (Å²) >= 11 is 0. The smallest absolute Gasteiger partial charge is 0.182 e. The zero-order valence-electron chi connectivity index (χ0n) is 14.1. The predicted molar refractivity (Wildman–Crippen MR) is 91.7 cm³/mol. The average Bonchev–Trinajstić information content (AvgIpc) is 3.24. The fraction of sp³-hybridized carbons (Fsp3) is 0.421. The molecule has 4 rings (SSSR count). The van der Waals surface area contributed by atoms with Crippen LogP contribution in [0.3, 0.4) is 0 Å². The summed E-state index contributed by atoms with van der Waals surface area (Å²) in [6.45, 7) is 4.12. The first kappa shape index (κ1) is 16.5. The Kier molecular flexibility index (Phi) is 3.85. The molecule has 5 nitrogen and oxygen atoms in total. The van der Waals surface area contributed by atoms with Crippen LogP contribution in [-0.4, -0.2) is 38.8 Å². The highest BCUT2D eigenvalue weighted by Crippen LogP contribution is 2.50. The number of hydrogen-bond donors (Lipinski definition) is 0. The van der Waals surface area contributed by atoms with Gasteiger partial charge in [0.05, 0.1) is 41.3 Å². The number of ketones is 1. The van der Waals surface area contributed by atoms with E-state index in [1.165, 1.54) is 0 Å². The van der Waals surface area contributed by atoms with Gasteiger partial charge in [0.15, 0.2) is 15.6 Å². The largest absolute Gasteiger partial charge is 0.497 e. The predicted octanol–water partition coefficient (Wildman–Crippen LogP) is 2.21. The van der Waals surface area contributed by atoms with Crippen molar-refractivity contribution in [1.29, 1.82) is 0 Å². The minimum atomic E-state index is -3.61. The Morgan fingerprint density at radius 1 is 1.08 bits per heavy atom. The highest BCUT2D eigenvalue weighted by molar-refractivity contribution is 7.91. The van der Waals surface area contributed by atoms with Gasteiger partial charge in [0, 0.05) is 5.57 Å². The van der Waals surface area contributed by atoms with Gasteiger partial charge in [0.25, 0.3) is 0 Å². The molecule has 0 spiro atoms. The summed E-state index contributed by atoms with van der Waals surface area (Å²) in [7, 11) is -3.61. The number of carbonyl (C=O) groups is 1. The van der Waals surface area contributed by atoms with Gasteiger partial charge in [-0.05, 0) is 26.0 Å². The minimum Gasteiger partial charge on any atom is -0.497 e. The number of hydrogen-bond acceptors (Lipinski definition) is 5. The molecule has 1 aromatic carbocycles. The van der Waals surface area contributed by atoms with Gasteiger partial charge in [-0.15, -0.1) is 0 Å². The lowest BCUT2D eigenvalue weighted by Crippen LogP contribution is -2.27. The van der Waals surface area contributed by atoms with Crippen molar-refractivity contribution in [3.05, 3.63) is 53.3 Å². The molecule has 1 fully saturated rings. The number of carbonyl (C=O) groups excluding carboxylic acids is 1. The lowest BCUT2D eigenvalue weighted by molar-refractivity contribution is -0.119. The van der Waals surface area contributed by atoms with Crippen LogP contribution in [0.5, 0.6) is 0 Å². The van der Waals surface area contributed by atoms with Crippen molar-refractivity contribution in [2.24, 2.45) is 11.8 Å². The number of aryl methyl sites for hydroxylation is 1. The summed E-state index contributed by atoms with van der Waals surface area (Å²) in [6.07, 6.45) is 3.37. The summed E-state index contributed by atoms with van der Waals surface area (Å²) < 4.78 is 37.1. The molecular formula is C19H20O5S. The second-order valence-electron chi connectivity index (χ2n) is 6.71. The summed E-state index contributed by atoms with van der Waals surface area (Å²) in [5.41, 5.74) is 1.28. The van der Waals surface area contributed by atoms with Crippen molar-refractivity contribution < 1.29 is 22.7 Å². The number of Topliss-reactive ketones (excluding diaryl/α,β-unsaturated/α-hetero) is 1. The fourth-order valence-corrected chi connectivity index (χ4v) is 5.34. The molecule has 3 aliphatic rings. The molecule has 4 atom stereocenters. The van der Waals surface area contributed by atoms with Crippen LogP contribution in [-0.2, 0) is 24.1 Å². The maximum absolute atomic E-state index is 12.9. The van der Waals surface area contributed by atoms with E-state index in [9.17, 15) is 13.2 Å². The van der Waals surface area contributed by atoms with Gasteiger partial charge >= 0.3 is 0 Å². The van der Waals surface area contributed by atoms with Gasteiger partial charge in [-0.1, -0.05) is 29.8 Å². The number of fused-ring (bicyclic) bond motifs is 5. The second-order valence-corrected chi connectivity index (χ2v) is 8.70. The number of sulfone groups is 1. The zero-order chi connectivity index (χ0) is 17.8. The normalized spacial score (nSPS) is 30.2. The Balaban J connectivity index is 1.70. The topological polar surface area (TPSA) is 69.7 Å². The molecule has 1 aromatic rings. The van der Waals surface area contributed by atoms with Crippen LogP contribution in [0.15, 0.2) is 52.6 Å². The average molecular weight is 360 g/mol. The van der Waals surface area contributed by atoms with Gasteiger partial charge in [0.2, 0.25) is 0 Å². The third-order valence-electron chi connectivity index (χ3n) is 5.11. The third kappa shape index (κ3) is 2.55. The molecule has 132 valence electrons. The molecule has 0 aromatic heterocycles. The van der Waals surface area contributed by atoms with Crippen LogP contribution >= 0.6 is 0 Å². The molecule has 2 bridgehead atoms. The van der Waals surface area contributed by atoms with E-state index >= 15 is 0 Å². The van der Waals surface area contributed by atoms with E-state index in [1.807, 2.05) is 26.0 Å². The molecule has 6 heteroatoms. The van der Waals surface area contributed by atoms with Crippen LogP contribution in [0, 0.1) is 18.8 Å². The van der Waals surface area contributed by atoms with Gasteiger partial charge in [-0.3, -0.25) is 4.79 Å². The van der Waals surface area contributed by atoms with Crippen molar-refractivity contribution in [3.8, 4) is 0 Å². The van der Waals surface area contributed by atoms with Crippen molar-refractivity contribution in [1.82, 2.24) is 0 Å². The number of ether oxygens (including phenoxy) is 2. The molecule has 0 amide bonds. The highest BCUT2D eigenvalue weighted by atomic mass is 32.2. The summed E-state index contributed by atoms with van der Waals surface area (Å²) in [5, 5.41) is 0. The van der Waals surface area contributed by atoms with Gasteiger partial charge in [0.1, 0.15) is 5.76 Å². The quantitative estimate of drug-likeness (QED) is 0.753. The van der Waals surface area contributed by atoms with E-state index < -0.39 is 9.84 Å². The molecule has 1 aliphatic carbocycles. The van der Waals surface area contributed by atoms with Crippen LogP contribution in [0.1, 0.15) is 12.5 Å². The van der Waals surface area contributed by atoms with Crippen LogP contribution in [0.4, 0.5) is 0 Å². The Bertz CT molecular complexity index is 879. The van der Waals surface area contributed by atoms with Gasteiger partial charge in [-0.25, -0.2) is 8.42 Å². The molecule has 0 saturated carbocycles.